The molecular weight excluding hydrogens is 264 g/mol. The Morgan fingerprint density at radius 2 is 2.14 bits per heavy atom. The van der Waals surface area contributed by atoms with E-state index in [1.807, 2.05) is 31.2 Å². The molecule has 1 heterocycles. The van der Waals surface area contributed by atoms with E-state index < -0.39 is 0 Å². The molecule has 3 rings (SSSR count). The van der Waals surface area contributed by atoms with Gasteiger partial charge in [0.2, 0.25) is 5.91 Å². The van der Waals surface area contributed by atoms with Crippen LogP contribution in [0.25, 0.3) is 0 Å². The highest BCUT2D eigenvalue weighted by atomic mass is 16.3. The van der Waals surface area contributed by atoms with E-state index in [1.54, 1.807) is 18.4 Å². The summed E-state index contributed by atoms with van der Waals surface area (Å²) in [6.07, 6.45) is 2.49. The van der Waals surface area contributed by atoms with Crippen LogP contribution >= 0.6 is 0 Å². The molecule has 0 spiro atoms. The fraction of sp³-hybridized carbons (Fsp3) is 0.294. The summed E-state index contributed by atoms with van der Waals surface area (Å²) in [6, 6.07) is 13.1. The van der Waals surface area contributed by atoms with Crippen LogP contribution in [-0.4, -0.2) is 5.91 Å². The van der Waals surface area contributed by atoms with Gasteiger partial charge in [-0.25, -0.2) is 0 Å². The highest BCUT2D eigenvalue weighted by molar-refractivity contribution is 5.83. The molecule has 1 amide bonds. The van der Waals surface area contributed by atoms with Gasteiger partial charge in [0.05, 0.1) is 23.9 Å². The third-order valence-corrected chi connectivity index (χ3v) is 3.93. The van der Waals surface area contributed by atoms with Gasteiger partial charge in [-0.3, -0.25) is 4.79 Å². The fourth-order valence-corrected chi connectivity index (χ4v) is 2.55. The van der Waals surface area contributed by atoms with Gasteiger partial charge in [-0.1, -0.05) is 12.1 Å². The Labute approximate surface area is 123 Å². The highest BCUT2D eigenvalue weighted by Crippen LogP contribution is 2.47. The van der Waals surface area contributed by atoms with Crippen LogP contribution in [0.5, 0.6) is 0 Å². The molecule has 2 aromatic rings. The van der Waals surface area contributed by atoms with Gasteiger partial charge in [0.25, 0.3) is 0 Å². The zero-order chi connectivity index (χ0) is 14.8. The van der Waals surface area contributed by atoms with Crippen LogP contribution in [0.4, 0.5) is 0 Å². The standard InChI is InChI=1S/C17H16N2O2/c1-11(13-6-4-12(10-18)5-7-13)19-17(20)15-9-14(15)16-3-2-8-21-16/h2-8,11,14-15H,9H2,1H3,(H,19,20). The van der Waals surface area contributed by atoms with E-state index in [0.717, 1.165) is 17.7 Å². The third kappa shape index (κ3) is 2.82. The van der Waals surface area contributed by atoms with Gasteiger partial charge in [-0.15, -0.1) is 0 Å². The zero-order valence-corrected chi connectivity index (χ0v) is 11.7. The molecule has 0 saturated heterocycles. The third-order valence-electron chi connectivity index (χ3n) is 3.93. The van der Waals surface area contributed by atoms with Gasteiger partial charge >= 0.3 is 0 Å². The van der Waals surface area contributed by atoms with Crippen molar-refractivity contribution in [2.75, 3.05) is 0 Å². The van der Waals surface area contributed by atoms with Crippen molar-refractivity contribution in [2.24, 2.45) is 5.92 Å². The summed E-state index contributed by atoms with van der Waals surface area (Å²) in [5, 5.41) is 11.8. The first-order chi connectivity index (χ1) is 10.2. The SMILES string of the molecule is CC(NC(=O)C1CC1c1ccco1)c1ccc(C#N)cc1. The summed E-state index contributed by atoms with van der Waals surface area (Å²) in [5.74, 6) is 1.18. The quantitative estimate of drug-likeness (QED) is 0.935. The molecule has 3 atom stereocenters. The topological polar surface area (TPSA) is 66.0 Å². The molecule has 4 nitrogen and oxygen atoms in total. The number of hydrogen-bond donors (Lipinski definition) is 1. The average molecular weight is 280 g/mol. The van der Waals surface area contributed by atoms with Crippen LogP contribution in [0.1, 0.15) is 42.2 Å². The first-order valence-electron chi connectivity index (χ1n) is 7.03. The Balaban J connectivity index is 1.59. The Morgan fingerprint density at radius 1 is 1.38 bits per heavy atom. The van der Waals surface area contributed by atoms with Crippen molar-refractivity contribution < 1.29 is 9.21 Å². The van der Waals surface area contributed by atoms with E-state index in [0.29, 0.717) is 5.56 Å². The number of benzene rings is 1. The number of nitrogens with one attached hydrogen (secondary N) is 1. The summed E-state index contributed by atoms with van der Waals surface area (Å²) in [5.41, 5.74) is 1.62. The fourth-order valence-electron chi connectivity index (χ4n) is 2.55. The van der Waals surface area contributed by atoms with Crippen LogP contribution in [-0.2, 0) is 4.79 Å². The van der Waals surface area contributed by atoms with E-state index in [-0.39, 0.29) is 23.8 Å². The van der Waals surface area contributed by atoms with Crippen molar-refractivity contribution in [2.45, 2.75) is 25.3 Å². The second-order valence-corrected chi connectivity index (χ2v) is 5.43. The normalized spacial score (nSPS) is 21.3. The van der Waals surface area contributed by atoms with Gasteiger partial charge < -0.3 is 9.73 Å². The van der Waals surface area contributed by atoms with Crippen molar-refractivity contribution in [1.29, 1.82) is 5.26 Å². The second-order valence-electron chi connectivity index (χ2n) is 5.43. The minimum absolute atomic E-state index is 0.0111. The van der Waals surface area contributed by atoms with Crippen molar-refractivity contribution in [1.82, 2.24) is 5.32 Å². The van der Waals surface area contributed by atoms with Crippen molar-refractivity contribution >= 4 is 5.91 Å². The number of amides is 1. The van der Waals surface area contributed by atoms with Gasteiger partial charge in [0, 0.05) is 11.8 Å². The Kier molecular flexibility index (Phi) is 3.49. The maximum Gasteiger partial charge on any atom is 0.224 e. The van der Waals surface area contributed by atoms with Crippen molar-refractivity contribution in [3.63, 3.8) is 0 Å². The number of furan rings is 1. The summed E-state index contributed by atoms with van der Waals surface area (Å²) < 4.78 is 5.34. The lowest BCUT2D eigenvalue weighted by molar-refractivity contribution is -0.123. The highest BCUT2D eigenvalue weighted by Gasteiger charge is 2.46. The molecule has 1 aromatic carbocycles. The largest absolute Gasteiger partial charge is 0.469 e. The molecule has 0 radical (unpaired) electrons. The molecule has 1 N–H and O–H groups in total. The minimum atomic E-state index is -0.0666. The Morgan fingerprint density at radius 3 is 2.76 bits per heavy atom. The van der Waals surface area contributed by atoms with Crippen LogP contribution in [0.15, 0.2) is 47.1 Å². The molecule has 1 aliphatic carbocycles. The van der Waals surface area contributed by atoms with E-state index in [1.165, 1.54) is 0 Å². The summed E-state index contributed by atoms with van der Waals surface area (Å²) in [4.78, 5) is 12.2. The molecule has 1 aromatic heterocycles. The van der Waals surface area contributed by atoms with Gasteiger partial charge in [0.15, 0.2) is 0 Å². The molecule has 4 heteroatoms. The lowest BCUT2D eigenvalue weighted by Crippen LogP contribution is -2.28. The first-order valence-corrected chi connectivity index (χ1v) is 7.03. The predicted molar refractivity (Wildman–Crippen MR) is 77.3 cm³/mol. The molecule has 1 fully saturated rings. The molecule has 1 aliphatic rings. The lowest BCUT2D eigenvalue weighted by atomic mass is 10.1. The molecule has 21 heavy (non-hydrogen) atoms. The summed E-state index contributed by atoms with van der Waals surface area (Å²) >= 11 is 0. The van der Waals surface area contributed by atoms with Crippen LogP contribution in [0, 0.1) is 17.2 Å². The van der Waals surface area contributed by atoms with Gasteiger partial charge in [-0.2, -0.15) is 5.26 Å². The van der Waals surface area contributed by atoms with Gasteiger partial charge in [-0.05, 0) is 43.2 Å². The molecule has 106 valence electrons. The number of carbonyl (C=O) groups is 1. The van der Waals surface area contributed by atoms with Crippen LogP contribution in [0.3, 0.4) is 0 Å². The summed E-state index contributed by atoms with van der Waals surface area (Å²) in [6.45, 7) is 1.95. The molecule has 0 bridgehead atoms. The van der Waals surface area contributed by atoms with E-state index >= 15 is 0 Å². The minimum Gasteiger partial charge on any atom is -0.469 e. The number of nitriles is 1. The monoisotopic (exact) mass is 280 g/mol. The average Bonchev–Trinajstić information content (AvgIpc) is 3.13. The molecule has 1 saturated carbocycles. The van der Waals surface area contributed by atoms with Crippen molar-refractivity contribution in [3.8, 4) is 6.07 Å². The maximum atomic E-state index is 12.2. The Bertz CT molecular complexity index is 668. The Hall–Kier alpha value is -2.54. The molecule has 3 unspecified atom stereocenters. The zero-order valence-electron chi connectivity index (χ0n) is 11.7. The molecule has 0 aliphatic heterocycles. The van der Waals surface area contributed by atoms with E-state index in [4.69, 9.17) is 9.68 Å². The van der Waals surface area contributed by atoms with Crippen LogP contribution < -0.4 is 5.32 Å². The van der Waals surface area contributed by atoms with Crippen molar-refractivity contribution in [3.05, 3.63) is 59.5 Å². The number of nitrogens with zero attached hydrogens (tertiary/aromatic N) is 1. The van der Waals surface area contributed by atoms with E-state index in [9.17, 15) is 4.79 Å². The second kappa shape index (κ2) is 5.45. The summed E-state index contributed by atoms with van der Waals surface area (Å²) in [7, 11) is 0. The predicted octanol–water partition coefficient (Wildman–Crippen LogP) is 3.13. The molecular formula is C17H16N2O2. The van der Waals surface area contributed by atoms with E-state index in [2.05, 4.69) is 11.4 Å². The number of hydrogen-bond acceptors (Lipinski definition) is 3. The smallest absolute Gasteiger partial charge is 0.224 e. The maximum absolute atomic E-state index is 12.2. The first kappa shape index (κ1) is 13.4. The number of carbonyl (C=O) groups excluding carboxylic acids is 1. The lowest BCUT2D eigenvalue weighted by Gasteiger charge is -2.14. The number of rotatable bonds is 4. The van der Waals surface area contributed by atoms with Crippen LogP contribution in [0.2, 0.25) is 0 Å². The van der Waals surface area contributed by atoms with Gasteiger partial charge in [0.1, 0.15) is 5.76 Å².